The Morgan fingerprint density at radius 3 is 2.75 bits per heavy atom. The molecule has 1 unspecified atom stereocenters. The summed E-state index contributed by atoms with van der Waals surface area (Å²) in [7, 11) is 1.74. The third-order valence-electron chi connectivity index (χ3n) is 4.82. The van der Waals surface area contributed by atoms with Crippen molar-refractivity contribution in [1.29, 1.82) is 0 Å². The standard InChI is InChI=1S/C19H27N3O2/c1-14(17-12-15-8-4-5-9-16(15)24-17)22-18(20-2)21-13-19(23)10-6-3-7-11-19/h4-5,8-9,12,14,23H,3,6-7,10-11,13H2,1-2H3,(H2,20,21,22). The molecule has 3 N–H and O–H groups in total. The average Bonchev–Trinajstić information content (AvgIpc) is 3.03. The number of furan rings is 1. The van der Waals surface area contributed by atoms with Crippen LogP contribution in [-0.4, -0.2) is 30.3 Å². The zero-order valence-electron chi connectivity index (χ0n) is 14.5. The Kier molecular flexibility index (Phi) is 5.09. The van der Waals surface area contributed by atoms with Crippen LogP contribution in [0.2, 0.25) is 0 Å². The van der Waals surface area contributed by atoms with Crippen molar-refractivity contribution >= 4 is 16.9 Å². The van der Waals surface area contributed by atoms with Crippen LogP contribution in [0.4, 0.5) is 0 Å². The van der Waals surface area contributed by atoms with Crippen molar-refractivity contribution in [2.24, 2.45) is 4.99 Å². The molecule has 1 fully saturated rings. The lowest BCUT2D eigenvalue weighted by Crippen LogP contribution is -2.48. The van der Waals surface area contributed by atoms with Crippen LogP contribution in [0.25, 0.3) is 11.0 Å². The molecule has 0 aliphatic heterocycles. The van der Waals surface area contributed by atoms with E-state index in [4.69, 9.17) is 4.42 Å². The first-order chi connectivity index (χ1) is 11.6. The van der Waals surface area contributed by atoms with Gasteiger partial charge in [0.15, 0.2) is 5.96 Å². The Hall–Kier alpha value is -2.01. The van der Waals surface area contributed by atoms with Crippen molar-refractivity contribution < 1.29 is 9.52 Å². The van der Waals surface area contributed by atoms with Gasteiger partial charge in [0, 0.05) is 19.0 Å². The monoisotopic (exact) mass is 329 g/mol. The molecule has 0 amide bonds. The van der Waals surface area contributed by atoms with Crippen LogP contribution in [0.15, 0.2) is 39.7 Å². The fourth-order valence-electron chi connectivity index (χ4n) is 3.32. The molecule has 1 aromatic heterocycles. The van der Waals surface area contributed by atoms with E-state index in [-0.39, 0.29) is 6.04 Å². The Morgan fingerprint density at radius 2 is 2.04 bits per heavy atom. The van der Waals surface area contributed by atoms with E-state index in [2.05, 4.69) is 21.7 Å². The van der Waals surface area contributed by atoms with Gasteiger partial charge in [0.1, 0.15) is 11.3 Å². The van der Waals surface area contributed by atoms with Gasteiger partial charge in [-0.25, -0.2) is 0 Å². The Bertz CT molecular complexity index is 668. The van der Waals surface area contributed by atoms with E-state index in [9.17, 15) is 5.11 Å². The fourth-order valence-corrected chi connectivity index (χ4v) is 3.32. The first-order valence-corrected chi connectivity index (χ1v) is 8.78. The van der Waals surface area contributed by atoms with E-state index in [0.29, 0.717) is 12.5 Å². The molecule has 5 nitrogen and oxygen atoms in total. The smallest absolute Gasteiger partial charge is 0.191 e. The minimum absolute atomic E-state index is 0.00963. The molecule has 0 spiro atoms. The number of rotatable bonds is 4. The van der Waals surface area contributed by atoms with Gasteiger partial charge >= 0.3 is 0 Å². The van der Waals surface area contributed by atoms with E-state index < -0.39 is 5.60 Å². The second-order valence-electron chi connectivity index (χ2n) is 6.76. The molecule has 3 rings (SSSR count). The van der Waals surface area contributed by atoms with Crippen LogP contribution in [0.1, 0.15) is 50.8 Å². The highest BCUT2D eigenvalue weighted by atomic mass is 16.3. The molecule has 1 saturated carbocycles. The normalized spacial score (nSPS) is 19.2. The minimum Gasteiger partial charge on any atom is -0.459 e. The van der Waals surface area contributed by atoms with Crippen molar-refractivity contribution in [3.8, 4) is 0 Å². The summed E-state index contributed by atoms with van der Waals surface area (Å²) in [4.78, 5) is 4.26. The summed E-state index contributed by atoms with van der Waals surface area (Å²) in [6.45, 7) is 2.57. The molecule has 5 heteroatoms. The van der Waals surface area contributed by atoms with Gasteiger partial charge in [0.2, 0.25) is 0 Å². The number of hydrogen-bond acceptors (Lipinski definition) is 3. The zero-order chi connectivity index (χ0) is 17.0. The number of nitrogens with zero attached hydrogens (tertiary/aromatic N) is 1. The third kappa shape index (κ3) is 3.90. The minimum atomic E-state index is -0.613. The zero-order valence-corrected chi connectivity index (χ0v) is 14.5. The summed E-state index contributed by atoms with van der Waals surface area (Å²) in [5.41, 5.74) is 0.277. The summed E-state index contributed by atoms with van der Waals surface area (Å²) < 4.78 is 5.89. The predicted octanol–water partition coefficient (Wildman–Crippen LogP) is 3.35. The molecule has 24 heavy (non-hydrogen) atoms. The predicted molar refractivity (Wildman–Crippen MR) is 97.2 cm³/mol. The van der Waals surface area contributed by atoms with Crippen molar-refractivity contribution in [1.82, 2.24) is 10.6 Å². The van der Waals surface area contributed by atoms with Crippen molar-refractivity contribution in [3.63, 3.8) is 0 Å². The van der Waals surface area contributed by atoms with Gasteiger partial charge < -0.3 is 20.2 Å². The lowest BCUT2D eigenvalue weighted by atomic mass is 9.85. The number of guanidine groups is 1. The summed E-state index contributed by atoms with van der Waals surface area (Å²) in [6, 6.07) is 10.0. The molecule has 130 valence electrons. The van der Waals surface area contributed by atoms with Gasteiger partial charge in [0.05, 0.1) is 11.6 Å². The molecule has 0 radical (unpaired) electrons. The highest BCUT2D eigenvalue weighted by Crippen LogP contribution is 2.27. The Balaban J connectivity index is 1.60. The second kappa shape index (κ2) is 7.26. The molecule has 1 aromatic carbocycles. The molecule has 1 heterocycles. The number of hydrogen-bond donors (Lipinski definition) is 3. The van der Waals surface area contributed by atoms with Gasteiger partial charge in [0.25, 0.3) is 0 Å². The molecule has 2 aromatic rings. The molecule has 1 atom stereocenters. The van der Waals surface area contributed by atoms with Crippen LogP contribution in [0, 0.1) is 0 Å². The van der Waals surface area contributed by atoms with E-state index >= 15 is 0 Å². The lowest BCUT2D eigenvalue weighted by molar-refractivity contribution is 0.00856. The fraction of sp³-hybridized carbons (Fsp3) is 0.526. The first kappa shape index (κ1) is 16.8. The number of fused-ring (bicyclic) bond motifs is 1. The molecule has 0 bridgehead atoms. The summed E-state index contributed by atoms with van der Waals surface area (Å²) in [5.74, 6) is 1.55. The third-order valence-corrected chi connectivity index (χ3v) is 4.82. The van der Waals surface area contributed by atoms with E-state index in [1.54, 1.807) is 7.05 Å². The number of nitrogens with one attached hydrogen (secondary N) is 2. The van der Waals surface area contributed by atoms with Crippen molar-refractivity contribution in [2.75, 3.05) is 13.6 Å². The maximum absolute atomic E-state index is 10.6. The molecule has 0 saturated heterocycles. The SMILES string of the molecule is CN=C(NCC1(O)CCCCC1)NC(C)c1cc2ccccc2o1. The quantitative estimate of drug-likeness (QED) is 0.594. The second-order valence-corrected chi connectivity index (χ2v) is 6.76. The van der Waals surface area contributed by atoms with Gasteiger partial charge in [-0.15, -0.1) is 0 Å². The van der Waals surface area contributed by atoms with Crippen LogP contribution >= 0.6 is 0 Å². The topological polar surface area (TPSA) is 69.8 Å². The highest BCUT2D eigenvalue weighted by Gasteiger charge is 2.29. The maximum atomic E-state index is 10.6. The summed E-state index contributed by atoms with van der Waals surface area (Å²) in [6.07, 6.45) is 5.13. The van der Waals surface area contributed by atoms with Crippen molar-refractivity contribution in [2.45, 2.75) is 50.7 Å². The highest BCUT2D eigenvalue weighted by molar-refractivity contribution is 5.81. The number of aliphatic hydroxyl groups is 1. The van der Waals surface area contributed by atoms with Gasteiger partial charge in [-0.2, -0.15) is 0 Å². The molecule has 1 aliphatic rings. The van der Waals surface area contributed by atoms with Crippen LogP contribution in [-0.2, 0) is 0 Å². The maximum Gasteiger partial charge on any atom is 0.191 e. The Labute approximate surface area is 143 Å². The van der Waals surface area contributed by atoms with Crippen molar-refractivity contribution in [3.05, 3.63) is 36.1 Å². The van der Waals surface area contributed by atoms with Gasteiger partial charge in [-0.3, -0.25) is 4.99 Å². The number of aliphatic imine (C=N–C) groups is 1. The largest absolute Gasteiger partial charge is 0.459 e. The molecular formula is C19H27N3O2. The lowest BCUT2D eigenvalue weighted by Gasteiger charge is -2.32. The number of para-hydroxylation sites is 1. The molecular weight excluding hydrogens is 302 g/mol. The van der Waals surface area contributed by atoms with Crippen LogP contribution in [0.3, 0.4) is 0 Å². The van der Waals surface area contributed by atoms with E-state index in [1.807, 2.05) is 31.2 Å². The van der Waals surface area contributed by atoms with Crippen LogP contribution in [0.5, 0.6) is 0 Å². The van der Waals surface area contributed by atoms with Crippen LogP contribution < -0.4 is 10.6 Å². The Morgan fingerprint density at radius 1 is 1.29 bits per heavy atom. The van der Waals surface area contributed by atoms with E-state index in [0.717, 1.165) is 42.4 Å². The summed E-state index contributed by atoms with van der Waals surface area (Å²) >= 11 is 0. The molecule has 1 aliphatic carbocycles. The number of benzene rings is 1. The average molecular weight is 329 g/mol. The van der Waals surface area contributed by atoms with E-state index in [1.165, 1.54) is 6.42 Å². The first-order valence-electron chi connectivity index (χ1n) is 8.78. The summed E-state index contributed by atoms with van der Waals surface area (Å²) in [5, 5.41) is 18.3. The van der Waals surface area contributed by atoms with Gasteiger partial charge in [-0.05, 0) is 31.9 Å². The van der Waals surface area contributed by atoms with Gasteiger partial charge in [-0.1, -0.05) is 37.5 Å².